The van der Waals surface area contributed by atoms with Crippen LogP contribution in [0.4, 0.5) is 0 Å². The maximum atomic E-state index is 5.99. The van der Waals surface area contributed by atoms with Crippen molar-refractivity contribution in [3.63, 3.8) is 0 Å². The average Bonchev–Trinajstić information content (AvgIpc) is 2.60. The predicted octanol–water partition coefficient (Wildman–Crippen LogP) is 1.52. The molecule has 0 amide bonds. The smallest absolute Gasteiger partial charge is 0.0710 e. The first kappa shape index (κ1) is 11.4. The fraction of sp³-hybridized carbons (Fsp3) is 1.00. The first-order chi connectivity index (χ1) is 7.24. The van der Waals surface area contributed by atoms with E-state index in [1.54, 1.807) is 7.11 Å². The molecule has 1 spiro atoms. The summed E-state index contributed by atoms with van der Waals surface area (Å²) in [6, 6.07) is 0. The van der Waals surface area contributed by atoms with Crippen molar-refractivity contribution in [3.05, 3.63) is 0 Å². The van der Waals surface area contributed by atoms with E-state index in [1.165, 1.54) is 32.4 Å². The molecule has 15 heavy (non-hydrogen) atoms. The highest BCUT2D eigenvalue weighted by Crippen LogP contribution is 2.38. The van der Waals surface area contributed by atoms with E-state index in [0.29, 0.717) is 0 Å². The van der Waals surface area contributed by atoms with E-state index >= 15 is 0 Å². The van der Waals surface area contributed by atoms with Gasteiger partial charge in [0.15, 0.2) is 0 Å². The molecule has 0 aliphatic carbocycles. The third kappa shape index (κ3) is 2.71. The number of piperidine rings is 1. The normalized spacial score (nSPS) is 31.2. The first-order valence-corrected chi connectivity index (χ1v) is 6.09. The van der Waals surface area contributed by atoms with Crippen LogP contribution in [0.5, 0.6) is 0 Å². The minimum Gasteiger partial charge on any atom is -0.383 e. The summed E-state index contributed by atoms with van der Waals surface area (Å²) in [5.41, 5.74) is 0.239. The summed E-state index contributed by atoms with van der Waals surface area (Å²) in [6.07, 6.45) is 3.69. The quantitative estimate of drug-likeness (QED) is 0.709. The monoisotopic (exact) mass is 213 g/mol. The molecule has 0 saturated carbocycles. The largest absolute Gasteiger partial charge is 0.383 e. The van der Waals surface area contributed by atoms with Gasteiger partial charge in [-0.2, -0.15) is 0 Å². The second-order valence-corrected chi connectivity index (χ2v) is 5.14. The highest BCUT2D eigenvalue weighted by atomic mass is 16.5. The molecule has 2 rings (SSSR count). The molecular weight excluding hydrogens is 190 g/mol. The third-order valence-corrected chi connectivity index (χ3v) is 3.77. The summed E-state index contributed by atoms with van der Waals surface area (Å²) in [5, 5.41) is 0. The van der Waals surface area contributed by atoms with Crippen molar-refractivity contribution < 1.29 is 9.47 Å². The molecule has 2 saturated heterocycles. The Morgan fingerprint density at radius 3 is 2.67 bits per heavy atom. The Kier molecular flexibility index (Phi) is 3.65. The van der Waals surface area contributed by atoms with Gasteiger partial charge in [0, 0.05) is 33.4 Å². The van der Waals surface area contributed by atoms with Gasteiger partial charge >= 0.3 is 0 Å². The summed E-state index contributed by atoms with van der Waals surface area (Å²) < 4.78 is 11.1. The van der Waals surface area contributed by atoms with Crippen molar-refractivity contribution in [2.45, 2.75) is 31.8 Å². The fourth-order valence-corrected chi connectivity index (χ4v) is 2.82. The lowest BCUT2D eigenvalue weighted by atomic mass is 9.86. The SMILES string of the molecule is COCCN1CCC2(CC1)C[C@H](C)CO2. The van der Waals surface area contributed by atoms with Gasteiger partial charge in [-0.1, -0.05) is 6.92 Å². The lowest BCUT2D eigenvalue weighted by Gasteiger charge is -2.38. The lowest BCUT2D eigenvalue weighted by molar-refractivity contribution is -0.0461. The molecule has 2 aliphatic heterocycles. The highest BCUT2D eigenvalue weighted by Gasteiger charge is 2.40. The number of methoxy groups -OCH3 is 1. The van der Waals surface area contributed by atoms with Crippen LogP contribution in [0.3, 0.4) is 0 Å². The van der Waals surface area contributed by atoms with Gasteiger partial charge in [0.2, 0.25) is 0 Å². The highest BCUT2D eigenvalue weighted by molar-refractivity contribution is 4.92. The van der Waals surface area contributed by atoms with Crippen molar-refractivity contribution >= 4 is 0 Å². The number of rotatable bonds is 3. The van der Waals surface area contributed by atoms with Crippen molar-refractivity contribution in [1.82, 2.24) is 4.90 Å². The van der Waals surface area contributed by atoms with Crippen molar-refractivity contribution in [2.24, 2.45) is 5.92 Å². The van der Waals surface area contributed by atoms with Crippen LogP contribution in [-0.4, -0.2) is 50.5 Å². The second kappa shape index (κ2) is 4.81. The van der Waals surface area contributed by atoms with Gasteiger partial charge in [0.05, 0.1) is 12.2 Å². The third-order valence-electron chi connectivity index (χ3n) is 3.77. The van der Waals surface area contributed by atoms with Gasteiger partial charge in [-0.15, -0.1) is 0 Å². The number of ether oxygens (including phenoxy) is 2. The van der Waals surface area contributed by atoms with Gasteiger partial charge in [0.25, 0.3) is 0 Å². The average molecular weight is 213 g/mol. The van der Waals surface area contributed by atoms with Crippen LogP contribution in [0.25, 0.3) is 0 Å². The van der Waals surface area contributed by atoms with Crippen LogP contribution in [0.15, 0.2) is 0 Å². The summed E-state index contributed by atoms with van der Waals surface area (Å²) in [7, 11) is 1.77. The van der Waals surface area contributed by atoms with Gasteiger partial charge in [-0.25, -0.2) is 0 Å². The molecule has 0 radical (unpaired) electrons. The zero-order valence-corrected chi connectivity index (χ0v) is 10.00. The standard InChI is InChI=1S/C12H23NO2/c1-11-9-12(15-10-11)3-5-13(6-4-12)7-8-14-2/h11H,3-10H2,1-2H3/t11-/m0/s1. The van der Waals surface area contributed by atoms with Crippen LogP contribution in [-0.2, 0) is 9.47 Å². The van der Waals surface area contributed by atoms with E-state index in [0.717, 1.165) is 25.7 Å². The van der Waals surface area contributed by atoms with Crippen molar-refractivity contribution in [1.29, 1.82) is 0 Å². The Balaban J connectivity index is 1.76. The molecule has 0 N–H and O–H groups in total. The maximum absolute atomic E-state index is 5.99. The second-order valence-electron chi connectivity index (χ2n) is 5.14. The summed E-state index contributed by atoms with van der Waals surface area (Å²) in [6.45, 7) is 7.54. The molecule has 3 heteroatoms. The number of nitrogens with zero attached hydrogens (tertiary/aromatic N) is 1. The van der Waals surface area contributed by atoms with Crippen LogP contribution in [0, 0.1) is 5.92 Å². The summed E-state index contributed by atoms with van der Waals surface area (Å²) in [4.78, 5) is 2.49. The topological polar surface area (TPSA) is 21.7 Å². The van der Waals surface area contributed by atoms with Gasteiger partial charge in [-0.05, 0) is 25.2 Å². The molecule has 88 valence electrons. The Morgan fingerprint density at radius 2 is 2.13 bits per heavy atom. The zero-order valence-electron chi connectivity index (χ0n) is 10.00. The molecule has 0 aromatic heterocycles. The minimum atomic E-state index is 0.239. The molecule has 0 bridgehead atoms. The number of hydrogen-bond acceptors (Lipinski definition) is 3. The predicted molar refractivity (Wildman–Crippen MR) is 60.0 cm³/mol. The number of hydrogen-bond donors (Lipinski definition) is 0. The van der Waals surface area contributed by atoms with Crippen molar-refractivity contribution in [2.75, 3.05) is 40.0 Å². The molecule has 0 unspecified atom stereocenters. The van der Waals surface area contributed by atoms with E-state index in [2.05, 4.69) is 11.8 Å². The molecule has 2 heterocycles. The first-order valence-electron chi connectivity index (χ1n) is 6.09. The van der Waals surface area contributed by atoms with E-state index < -0.39 is 0 Å². The summed E-state index contributed by atoms with van der Waals surface area (Å²) >= 11 is 0. The van der Waals surface area contributed by atoms with Crippen LogP contribution in [0.2, 0.25) is 0 Å². The molecule has 2 fully saturated rings. The lowest BCUT2D eigenvalue weighted by Crippen LogP contribution is -2.45. The Bertz CT molecular complexity index is 200. The molecular formula is C12H23NO2. The van der Waals surface area contributed by atoms with E-state index in [-0.39, 0.29) is 5.60 Å². The zero-order chi connectivity index (χ0) is 10.7. The summed E-state index contributed by atoms with van der Waals surface area (Å²) in [5.74, 6) is 0.760. The van der Waals surface area contributed by atoms with Crippen molar-refractivity contribution in [3.8, 4) is 0 Å². The minimum absolute atomic E-state index is 0.239. The Labute approximate surface area is 92.7 Å². The van der Waals surface area contributed by atoms with E-state index in [1.807, 2.05) is 0 Å². The molecule has 3 nitrogen and oxygen atoms in total. The van der Waals surface area contributed by atoms with E-state index in [9.17, 15) is 0 Å². The van der Waals surface area contributed by atoms with Crippen LogP contribution in [0.1, 0.15) is 26.2 Å². The molecule has 0 aromatic rings. The molecule has 0 aromatic carbocycles. The van der Waals surface area contributed by atoms with Crippen LogP contribution >= 0.6 is 0 Å². The Morgan fingerprint density at radius 1 is 1.40 bits per heavy atom. The van der Waals surface area contributed by atoms with Gasteiger partial charge in [0.1, 0.15) is 0 Å². The van der Waals surface area contributed by atoms with Gasteiger partial charge < -0.3 is 14.4 Å². The Hall–Kier alpha value is -0.120. The number of likely N-dealkylation sites (tertiary alicyclic amines) is 1. The molecule has 1 atom stereocenters. The fourth-order valence-electron chi connectivity index (χ4n) is 2.82. The van der Waals surface area contributed by atoms with Gasteiger partial charge in [-0.3, -0.25) is 0 Å². The molecule has 2 aliphatic rings. The maximum Gasteiger partial charge on any atom is 0.0710 e. The van der Waals surface area contributed by atoms with Crippen LogP contribution < -0.4 is 0 Å². The van der Waals surface area contributed by atoms with E-state index in [4.69, 9.17) is 9.47 Å².